The van der Waals surface area contributed by atoms with Crippen LogP contribution in [-0.2, 0) is 10.2 Å². The van der Waals surface area contributed by atoms with Crippen LogP contribution >= 0.6 is 0 Å². The van der Waals surface area contributed by atoms with E-state index in [0.717, 1.165) is 5.56 Å². The van der Waals surface area contributed by atoms with Gasteiger partial charge in [0.05, 0.1) is 0 Å². The number of benzene rings is 1. The zero-order valence-corrected chi connectivity index (χ0v) is 10.8. The molecule has 0 saturated heterocycles. The van der Waals surface area contributed by atoms with E-state index in [-0.39, 0.29) is 11.4 Å². The van der Waals surface area contributed by atoms with Gasteiger partial charge in [-0.25, -0.2) is 0 Å². The van der Waals surface area contributed by atoms with Crippen molar-refractivity contribution in [3.05, 3.63) is 41.6 Å². The van der Waals surface area contributed by atoms with Crippen LogP contribution < -0.4 is 4.74 Å². The quantitative estimate of drug-likeness (QED) is 0.440. The van der Waals surface area contributed by atoms with E-state index in [4.69, 9.17) is 4.74 Å². The van der Waals surface area contributed by atoms with E-state index in [1.54, 1.807) is 6.08 Å². The number of esters is 1. The van der Waals surface area contributed by atoms with E-state index >= 15 is 0 Å². The molecule has 0 heterocycles. The molecule has 0 amide bonds. The third-order valence-corrected chi connectivity index (χ3v) is 2.39. The Bertz CT molecular complexity index is 472. The second-order valence-corrected chi connectivity index (χ2v) is 4.94. The Morgan fingerprint density at radius 3 is 2.53 bits per heavy atom. The lowest BCUT2D eigenvalue weighted by atomic mass is 9.86. The molecular formula is C15H18O2. The molecule has 0 bridgehead atoms. The molecule has 90 valence electrons. The lowest BCUT2D eigenvalue weighted by Crippen LogP contribution is -2.11. The van der Waals surface area contributed by atoms with E-state index in [9.17, 15) is 4.79 Å². The predicted molar refractivity (Wildman–Crippen MR) is 70.1 cm³/mol. The molecule has 0 atom stereocenters. The van der Waals surface area contributed by atoms with Crippen LogP contribution in [0, 0.1) is 0 Å². The van der Waals surface area contributed by atoms with Crippen LogP contribution in [0.4, 0.5) is 0 Å². The SMILES string of the molecule is C=C=Cc1cc(C(C)(C)C)ccc1OC(C)=O. The first-order valence-corrected chi connectivity index (χ1v) is 5.53. The van der Waals surface area contributed by atoms with Crippen LogP contribution in [-0.4, -0.2) is 5.97 Å². The molecule has 1 rings (SSSR count). The first-order valence-electron chi connectivity index (χ1n) is 5.53. The summed E-state index contributed by atoms with van der Waals surface area (Å²) >= 11 is 0. The van der Waals surface area contributed by atoms with Gasteiger partial charge in [0.1, 0.15) is 5.75 Å². The van der Waals surface area contributed by atoms with Crippen molar-refractivity contribution in [2.45, 2.75) is 33.1 Å². The van der Waals surface area contributed by atoms with Crippen LogP contribution in [0.5, 0.6) is 5.75 Å². The molecule has 2 heteroatoms. The van der Waals surface area contributed by atoms with Crippen LogP contribution in [0.2, 0.25) is 0 Å². The molecule has 0 N–H and O–H groups in total. The number of ether oxygens (including phenoxy) is 1. The van der Waals surface area contributed by atoms with Crippen molar-refractivity contribution < 1.29 is 9.53 Å². The zero-order chi connectivity index (χ0) is 13.1. The predicted octanol–water partition coefficient (Wildman–Crippen LogP) is 3.71. The van der Waals surface area contributed by atoms with E-state index in [0.29, 0.717) is 5.75 Å². The third kappa shape index (κ3) is 3.61. The Morgan fingerprint density at radius 1 is 1.41 bits per heavy atom. The topological polar surface area (TPSA) is 26.3 Å². The maximum absolute atomic E-state index is 11.0. The Kier molecular flexibility index (Phi) is 3.93. The molecule has 0 aliphatic rings. The van der Waals surface area contributed by atoms with Crippen molar-refractivity contribution in [2.75, 3.05) is 0 Å². The van der Waals surface area contributed by atoms with Crippen molar-refractivity contribution in [3.63, 3.8) is 0 Å². The van der Waals surface area contributed by atoms with Gasteiger partial charge in [-0.2, -0.15) is 0 Å². The standard InChI is InChI=1S/C15H18O2/c1-6-7-12-10-13(15(3,4)5)8-9-14(12)17-11(2)16/h7-10H,1H2,2-5H3. The highest BCUT2D eigenvalue weighted by molar-refractivity contribution is 5.72. The molecule has 0 radical (unpaired) electrons. The lowest BCUT2D eigenvalue weighted by Gasteiger charge is -2.20. The second kappa shape index (κ2) is 5.03. The van der Waals surface area contributed by atoms with Crippen LogP contribution in [0.3, 0.4) is 0 Å². The molecule has 0 fully saturated rings. The third-order valence-electron chi connectivity index (χ3n) is 2.39. The van der Waals surface area contributed by atoms with Gasteiger partial charge in [0.2, 0.25) is 0 Å². The minimum atomic E-state index is -0.327. The van der Waals surface area contributed by atoms with Crippen molar-refractivity contribution in [3.8, 4) is 5.75 Å². The molecule has 0 aromatic heterocycles. The maximum Gasteiger partial charge on any atom is 0.308 e. The Hall–Kier alpha value is -1.79. The molecule has 0 unspecified atom stereocenters. The van der Waals surface area contributed by atoms with E-state index in [2.05, 4.69) is 33.1 Å². The van der Waals surface area contributed by atoms with Gasteiger partial charge in [-0.05, 0) is 29.2 Å². The van der Waals surface area contributed by atoms with Gasteiger partial charge in [-0.3, -0.25) is 4.79 Å². The van der Waals surface area contributed by atoms with E-state index in [1.165, 1.54) is 12.5 Å². The Morgan fingerprint density at radius 2 is 2.06 bits per heavy atom. The van der Waals surface area contributed by atoms with Crippen LogP contribution in [0.15, 0.2) is 30.5 Å². The number of carbonyl (C=O) groups excluding carboxylic acids is 1. The molecular weight excluding hydrogens is 212 g/mol. The summed E-state index contributed by atoms with van der Waals surface area (Å²) in [6, 6.07) is 5.78. The summed E-state index contributed by atoms with van der Waals surface area (Å²) in [6.07, 6.45) is 1.72. The first kappa shape index (κ1) is 13.3. The van der Waals surface area contributed by atoms with Gasteiger partial charge in [0.15, 0.2) is 0 Å². The fourth-order valence-electron chi connectivity index (χ4n) is 1.49. The molecule has 2 nitrogen and oxygen atoms in total. The van der Waals surface area contributed by atoms with Gasteiger partial charge in [-0.1, -0.05) is 33.4 Å². The molecule has 0 spiro atoms. The fraction of sp³-hybridized carbons (Fsp3) is 0.333. The maximum atomic E-state index is 11.0. The van der Waals surface area contributed by atoms with Gasteiger partial charge >= 0.3 is 5.97 Å². The Balaban J connectivity index is 3.26. The fourth-order valence-corrected chi connectivity index (χ4v) is 1.49. The normalized spacial score (nSPS) is 10.6. The van der Waals surface area contributed by atoms with Gasteiger partial charge in [0, 0.05) is 12.5 Å². The highest BCUT2D eigenvalue weighted by Crippen LogP contribution is 2.28. The largest absolute Gasteiger partial charge is 0.426 e. The van der Waals surface area contributed by atoms with Crippen molar-refractivity contribution in [1.29, 1.82) is 0 Å². The molecule has 1 aromatic carbocycles. The summed E-state index contributed by atoms with van der Waals surface area (Å²) in [4.78, 5) is 11.0. The van der Waals surface area contributed by atoms with Crippen molar-refractivity contribution in [2.24, 2.45) is 0 Å². The summed E-state index contributed by atoms with van der Waals surface area (Å²) in [7, 11) is 0. The highest BCUT2D eigenvalue weighted by atomic mass is 16.5. The second-order valence-electron chi connectivity index (χ2n) is 4.94. The van der Waals surface area contributed by atoms with E-state index in [1.807, 2.05) is 18.2 Å². The smallest absolute Gasteiger partial charge is 0.308 e. The molecule has 0 saturated carbocycles. The number of carbonyl (C=O) groups is 1. The molecule has 1 aromatic rings. The van der Waals surface area contributed by atoms with Gasteiger partial charge in [0.25, 0.3) is 0 Å². The van der Waals surface area contributed by atoms with Gasteiger partial charge < -0.3 is 4.74 Å². The average molecular weight is 230 g/mol. The number of hydrogen-bond acceptors (Lipinski definition) is 2. The zero-order valence-electron chi connectivity index (χ0n) is 10.8. The van der Waals surface area contributed by atoms with Gasteiger partial charge in [-0.15, -0.1) is 5.73 Å². The minimum Gasteiger partial charge on any atom is -0.426 e. The summed E-state index contributed by atoms with van der Waals surface area (Å²) in [5, 5.41) is 0. The van der Waals surface area contributed by atoms with Crippen LogP contribution in [0.25, 0.3) is 6.08 Å². The molecule has 0 aliphatic heterocycles. The Labute approximate surface area is 103 Å². The number of rotatable bonds is 2. The molecule has 0 aliphatic carbocycles. The summed E-state index contributed by atoms with van der Waals surface area (Å²) < 4.78 is 5.13. The summed E-state index contributed by atoms with van der Waals surface area (Å²) in [5.74, 6) is 0.217. The van der Waals surface area contributed by atoms with Crippen LogP contribution in [0.1, 0.15) is 38.8 Å². The van der Waals surface area contributed by atoms with Crippen molar-refractivity contribution in [1.82, 2.24) is 0 Å². The summed E-state index contributed by atoms with van der Waals surface area (Å²) in [6.45, 7) is 11.3. The van der Waals surface area contributed by atoms with E-state index < -0.39 is 0 Å². The minimum absolute atomic E-state index is 0.0541. The summed E-state index contributed by atoms with van der Waals surface area (Å²) in [5.41, 5.74) is 4.76. The number of hydrogen-bond donors (Lipinski definition) is 0. The lowest BCUT2D eigenvalue weighted by molar-refractivity contribution is -0.131. The van der Waals surface area contributed by atoms with Crippen molar-refractivity contribution >= 4 is 12.0 Å². The monoisotopic (exact) mass is 230 g/mol. The molecule has 17 heavy (non-hydrogen) atoms. The first-order chi connectivity index (χ1) is 7.84. The average Bonchev–Trinajstić information content (AvgIpc) is 2.18. The highest BCUT2D eigenvalue weighted by Gasteiger charge is 2.15.